The molecule has 12 heavy (non-hydrogen) atoms. The van der Waals surface area contributed by atoms with Gasteiger partial charge >= 0.3 is 0 Å². The average molecular weight is 166 g/mol. The van der Waals surface area contributed by atoms with E-state index in [1.54, 1.807) is 12.8 Å². The fraction of sp³-hybridized carbons (Fsp3) is 1.00. The third kappa shape index (κ3) is 1.53. The van der Waals surface area contributed by atoms with Gasteiger partial charge in [0.05, 0.1) is 0 Å². The van der Waals surface area contributed by atoms with Crippen LogP contribution in [-0.2, 0) is 0 Å². The van der Waals surface area contributed by atoms with E-state index in [1.165, 1.54) is 37.5 Å². The molecular weight excluding hydrogens is 144 g/mol. The summed E-state index contributed by atoms with van der Waals surface area (Å²) in [5.74, 6) is 4.54. The van der Waals surface area contributed by atoms with E-state index in [0.717, 1.165) is 11.8 Å². The fourth-order valence-corrected chi connectivity index (χ4v) is 3.27. The Morgan fingerprint density at radius 1 is 1.17 bits per heavy atom. The first-order valence-electron chi connectivity index (χ1n) is 5.83. The lowest BCUT2D eigenvalue weighted by atomic mass is 9.88. The van der Waals surface area contributed by atoms with Crippen molar-refractivity contribution in [2.24, 2.45) is 23.7 Å². The molecule has 0 aromatic rings. The molecule has 0 aromatic heterocycles. The maximum atomic E-state index is 2.47. The molecule has 4 atom stereocenters. The van der Waals surface area contributed by atoms with E-state index in [-0.39, 0.29) is 0 Å². The molecule has 0 radical (unpaired) electrons. The minimum Gasteiger partial charge on any atom is -0.0654 e. The van der Waals surface area contributed by atoms with Gasteiger partial charge in [0.25, 0.3) is 0 Å². The first-order chi connectivity index (χ1) is 5.83. The normalized spacial score (nSPS) is 44.5. The smallest absolute Gasteiger partial charge is 0.0352 e. The molecule has 0 amide bonds. The Hall–Kier alpha value is 0. The summed E-state index contributed by atoms with van der Waals surface area (Å²) < 4.78 is 0. The molecule has 0 spiro atoms. The number of fused-ring (bicyclic) bond motifs is 1. The molecule has 0 bridgehead atoms. The molecule has 2 rings (SSSR count). The van der Waals surface area contributed by atoms with Crippen LogP contribution in [0.4, 0.5) is 0 Å². The van der Waals surface area contributed by atoms with Gasteiger partial charge in [-0.25, -0.2) is 0 Å². The summed E-state index contributed by atoms with van der Waals surface area (Å²) in [6.45, 7) is 4.78. The summed E-state index contributed by atoms with van der Waals surface area (Å²) in [6, 6.07) is 0. The van der Waals surface area contributed by atoms with Gasteiger partial charge in [-0.05, 0) is 42.9 Å². The zero-order valence-corrected chi connectivity index (χ0v) is 8.55. The molecule has 70 valence electrons. The summed E-state index contributed by atoms with van der Waals surface area (Å²) in [4.78, 5) is 0. The van der Waals surface area contributed by atoms with Crippen LogP contribution in [0.25, 0.3) is 0 Å². The number of rotatable bonds is 4. The summed E-state index contributed by atoms with van der Waals surface area (Å²) in [5, 5.41) is 0. The highest BCUT2D eigenvalue weighted by Crippen LogP contribution is 2.59. The monoisotopic (exact) mass is 166 g/mol. The molecule has 0 aliphatic heterocycles. The van der Waals surface area contributed by atoms with Crippen molar-refractivity contribution in [1.29, 1.82) is 0 Å². The van der Waals surface area contributed by atoms with Crippen LogP contribution in [0, 0.1) is 23.7 Å². The molecule has 0 heteroatoms. The molecule has 2 aliphatic rings. The molecule has 2 aliphatic carbocycles. The zero-order valence-electron chi connectivity index (χ0n) is 8.55. The quantitative estimate of drug-likeness (QED) is 0.556. The largest absolute Gasteiger partial charge is 0.0654 e. The van der Waals surface area contributed by atoms with Crippen molar-refractivity contribution in [2.75, 3.05) is 0 Å². The minimum atomic E-state index is 1.06. The van der Waals surface area contributed by atoms with Crippen molar-refractivity contribution < 1.29 is 0 Å². The topological polar surface area (TPSA) is 0 Å². The van der Waals surface area contributed by atoms with Crippen LogP contribution in [0.5, 0.6) is 0 Å². The van der Waals surface area contributed by atoms with Crippen LogP contribution >= 0.6 is 0 Å². The van der Waals surface area contributed by atoms with Gasteiger partial charge in [0.2, 0.25) is 0 Å². The predicted molar refractivity (Wildman–Crippen MR) is 53.0 cm³/mol. The second-order valence-corrected chi connectivity index (χ2v) is 5.03. The maximum absolute atomic E-state index is 2.47. The van der Waals surface area contributed by atoms with E-state index in [0.29, 0.717) is 0 Å². The Bertz CT molecular complexity index is 148. The van der Waals surface area contributed by atoms with E-state index < -0.39 is 0 Å². The highest BCUT2D eigenvalue weighted by Gasteiger charge is 2.50. The lowest BCUT2D eigenvalue weighted by Crippen LogP contribution is -2.08. The third-order valence-electron chi connectivity index (χ3n) is 4.07. The lowest BCUT2D eigenvalue weighted by Gasteiger charge is -2.17. The lowest BCUT2D eigenvalue weighted by molar-refractivity contribution is 0.328. The Balaban J connectivity index is 1.72. The van der Waals surface area contributed by atoms with Gasteiger partial charge in [0.1, 0.15) is 0 Å². The van der Waals surface area contributed by atoms with Gasteiger partial charge < -0.3 is 0 Å². The van der Waals surface area contributed by atoms with Gasteiger partial charge in [0, 0.05) is 0 Å². The van der Waals surface area contributed by atoms with Crippen molar-refractivity contribution in [2.45, 2.75) is 52.4 Å². The average Bonchev–Trinajstić information content (AvgIpc) is 2.72. The van der Waals surface area contributed by atoms with Crippen LogP contribution in [0.3, 0.4) is 0 Å². The Labute approximate surface area is 76.7 Å². The van der Waals surface area contributed by atoms with Crippen LogP contribution in [-0.4, -0.2) is 0 Å². The highest BCUT2D eigenvalue weighted by atomic mass is 14.6. The fourth-order valence-electron chi connectivity index (χ4n) is 3.27. The van der Waals surface area contributed by atoms with E-state index in [4.69, 9.17) is 0 Å². The molecule has 0 N–H and O–H groups in total. The minimum absolute atomic E-state index is 1.06. The zero-order chi connectivity index (χ0) is 8.55. The van der Waals surface area contributed by atoms with Crippen molar-refractivity contribution in [3.63, 3.8) is 0 Å². The standard InChI is InChI=1S/C12H22/c1-3-4-5-6-11-9(2)7-10-8-12(10)11/h9-12H,3-8H2,1-2H3/t9-,10?,11?,12?/m1/s1. The van der Waals surface area contributed by atoms with Gasteiger partial charge in [-0.1, -0.05) is 33.1 Å². The van der Waals surface area contributed by atoms with Gasteiger partial charge in [-0.3, -0.25) is 0 Å². The second kappa shape index (κ2) is 3.40. The third-order valence-corrected chi connectivity index (χ3v) is 4.07. The van der Waals surface area contributed by atoms with Gasteiger partial charge in [-0.15, -0.1) is 0 Å². The summed E-state index contributed by atoms with van der Waals surface area (Å²) in [5.41, 5.74) is 0. The van der Waals surface area contributed by atoms with E-state index in [9.17, 15) is 0 Å². The van der Waals surface area contributed by atoms with Crippen LogP contribution in [0.15, 0.2) is 0 Å². The molecular formula is C12H22. The van der Waals surface area contributed by atoms with Crippen molar-refractivity contribution >= 4 is 0 Å². The van der Waals surface area contributed by atoms with Crippen LogP contribution in [0.2, 0.25) is 0 Å². The van der Waals surface area contributed by atoms with E-state index in [2.05, 4.69) is 13.8 Å². The first-order valence-corrected chi connectivity index (χ1v) is 5.83. The van der Waals surface area contributed by atoms with Crippen molar-refractivity contribution in [3.05, 3.63) is 0 Å². The SMILES string of the molecule is CCCCCC1C2CC2C[C@H]1C. The maximum Gasteiger partial charge on any atom is -0.0352 e. The summed E-state index contributed by atoms with van der Waals surface area (Å²) in [7, 11) is 0. The molecule has 0 aromatic carbocycles. The van der Waals surface area contributed by atoms with Crippen molar-refractivity contribution in [1.82, 2.24) is 0 Å². The number of hydrogen-bond acceptors (Lipinski definition) is 0. The van der Waals surface area contributed by atoms with Gasteiger partial charge in [-0.2, -0.15) is 0 Å². The molecule has 2 saturated carbocycles. The van der Waals surface area contributed by atoms with Crippen LogP contribution < -0.4 is 0 Å². The van der Waals surface area contributed by atoms with E-state index >= 15 is 0 Å². The van der Waals surface area contributed by atoms with Crippen molar-refractivity contribution in [3.8, 4) is 0 Å². The van der Waals surface area contributed by atoms with E-state index in [1.807, 2.05) is 0 Å². The second-order valence-electron chi connectivity index (χ2n) is 5.03. The molecule has 2 fully saturated rings. The molecule has 0 heterocycles. The molecule has 0 saturated heterocycles. The predicted octanol–water partition coefficient (Wildman–Crippen LogP) is 3.86. The Morgan fingerprint density at radius 2 is 2.00 bits per heavy atom. The Morgan fingerprint density at radius 3 is 2.58 bits per heavy atom. The molecule has 3 unspecified atom stereocenters. The number of hydrogen-bond donors (Lipinski definition) is 0. The van der Waals surface area contributed by atoms with Gasteiger partial charge in [0.15, 0.2) is 0 Å². The summed E-state index contributed by atoms with van der Waals surface area (Å²) in [6.07, 6.45) is 9.02. The molecule has 0 nitrogen and oxygen atoms in total. The Kier molecular flexibility index (Phi) is 2.43. The first kappa shape index (κ1) is 8.59. The summed E-state index contributed by atoms with van der Waals surface area (Å²) >= 11 is 0. The van der Waals surface area contributed by atoms with Crippen LogP contribution in [0.1, 0.15) is 52.4 Å². The number of unbranched alkanes of at least 4 members (excludes halogenated alkanes) is 2. The highest BCUT2D eigenvalue weighted by molar-refractivity contribution is 5.00.